The molecule has 0 radical (unpaired) electrons. The molecule has 11 heteroatoms. The third-order valence-electron chi connectivity index (χ3n) is 7.43. The molecule has 2 fully saturated rings. The van der Waals surface area contributed by atoms with Gasteiger partial charge in [0.1, 0.15) is 24.6 Å². The average Bonchev–Trinajstić information content (AvgIpc) is 2.96. The highest BCUT2D eigenvalue weighted by molar-refractivity contribution is 5.92. The molecule has 0 spiro atoms. The van der Waals surface area contributed by atoms with Crippen molar-refractivity contribution < 1.29 is 28.7 Å². The second-order valence-corrected chi connectivity index (χ2v) is 10.00. The van der Waals surface area contributed by atoms with E-state index in [1.165, 1.54) is 33.3 Å². The number of fused-ring (bicyclic) bond motifs is 2. The van der Waals surface area contributed by atoms with Crippen LogP contribution in [0.25, 0.3) is 10.8 Å². The Labute approximate surface area is 236 Å². The molecule has 2 heterocycles. The fourth-order valence-electron chi connectivity index (χ4n) is 5.48. The van der Waals surface area contributed by atoms with E-state index in [1.807, 2.05) is 42.5 Å². The Morgan fingerprint density at radius 3 is 2.51 bits per heavy atom. The van der Waals surface area contributed by atoms with E-state index in [0.29, 0.717) is 5.56 Å². The maximum absolute atomic E-state index is 13.8. The van der Waals surface area contributed by atoms with E-state index in [0.717, 1.165) is 16.3 Å². The number of halogens is 1. The number of rotatable bonds is 8. The van der Waals surface area contributed by atoms with Crippen molar-refractivity contribution in [3.8, 4) is 0 Å². The lowest BCUT2D eigenvalue weighted by Gasteiger charge is -2.55. The number of urea groups is 1. The molecule has 3 aromatic carbocycles. The lowest BCUT2D eigenvalue weighted by molar-refractivity contribution is -0.185. The fourth-order valence-corrected chi connectivity index (χ4v) is 5.48. The molecule has 0 saturated carbocycles. The molecule has 0 aromatic heterocycles. The zero-order valence-electron chi connectivity index (χ0n) is 22.3. The standard InChI is InChI=1S/C30H30FN5O5/c1-2-34-19-27(37)35-25(14-15-28(38)39)29(40)33(17-22-8-5-7-21-6-3-4-9-24(21)22)18-26(35)36(34)30(41)32-16-20-10-12-23(31)13-11-20/h2-13,25-26H,1,14-19H2,(H,32,41)(H,38,39)/t25-,26-/m0/s1. The van der Waals surface area contributed by atoms with Gasteiger partial charge in [0, 0.05) is 25.7 Å². The van der Waals surface area contributed by atoms with Crippen LogP contribution in [0.15, 0.2) is 79.5 Å². The van der Waals surface area contributed by atoms with Gasteiger partial charge in [-0.25, -0.2) is 14.2 Å². The topological polar surface area (TPSA) is 114 Å². The van der Waals surface area contributed by atoms with Crippen LogP contribution in [-0.2, 0) is 27.5 Å². The number of hydrazine groups is 1. The van der Waals surface area contributed by atoms with Gasteiger partial charge < -0.3 is 20.2 Å². The smallest absolute Gasteiger partial charge is 0.338 e. The molecular formula is C30H30FN5O5. The minimum Gasteiger partial charge on any atom is -0.481 e. The van der Waals surface area contributed by atoms with E-state index in [4.69, 9.17) is 0 Å². The first-order chi connectivity index (χ1) is 19.8. The van der Waals surface area contributed by atoms with Gasteiger partial charge in [0.2, 0.25) is 11.8 Å². The van der Waals surface area contributed by atoms with Crippen molar-refractivity contribution in [3.05, 3.63) is 96.5 Å². The van der Waals surface area contributed by atoms with Crippen LogP contribution in [0.4, 0.5) is 9.18 Å². The molecule has 5 rings (SSSR count). The minimum atomic E-state index is -1.09. The van der Waals surface area contributed by atoms with Crippen LogP contribution in [0.1, 0.15) is 24.0 Å². The van der Waals surface area contributed by atoms with Crippen LogP contribution >= 0.6 is 0 Å². The van der Waals surface area contributed by atoms with E-state index >= 15 is 0 Å². The third kappa shape index (κ3) is 5.69. The van der Waals surface area contributed by atoms with Crippen molar-refractivity contribution >= 4 is 34.6 Å². The molecule has 2 N–H and O–H groups in total. The summed E-state index contributed by atoms with van der Waals surface area (Å²) in [4.78, 5) is 55.1. The minimum absolute atomic E-state index is 0.00563. The summed E-state index contributed by atoms with van der Waals surface area (Å²) in [7, 11) is 0. The van der Waals surface area contributed by atoms with Crippen LogP contribution in [0.2, 0.25) is 0 Å². The normalized spacial score (nSPS) is 18.9. The number of nitrogens with zero attached hydrogens (tertiary/aromatic N) is 4. The van der Waals surface area contributed by atoms with Crippen LogP contribution < -0.4 is 5.32 Å². The molecule has 2 saturated heterocycles. The highest BCUT2D eigenvalue weighted by Gasteiger charge is 2.50. The molecule has 0 aliphatic carbocycles. The van der Waals surface area contributed by atoms with Gasteiger partial charge in [0.05, 0.1) is 6.54 Å². The van der Waals surface area contributed by atoms with Crippen molar-refractivity contribution in [2.24, 2.45) is 0 Å². The quantitative estimate of drug-likeness (QED) is 0.438. The average molecular weight is 560 g/mol. The molecule has 212 valence electrons. The monoisotopic (exact) mass is 559 g/mol. The van der Waals surface area contributed by atoms with Gasteiger partial charge in [0.25, 0.3) is 0 Å². The zero-order chi connectivity index (χ0) is 29.1. The van der Waals surface area contributed by atoms with Crippen molar-refractivity contribution in [1.82, 2.24) is 25.1 Å². The summed E-state index contributed by atoms with van der Waals surface area (Å²) in [6.45, 7) is 3.83. The number of hydrogen-bond acceptors (Lipinski definition) is 5. The van der Waals surface area contributed by atoms with Crippen molar-refractivity contribution in [1.29, 1.82) is 0 Å². The van der Waals surface area contributed by atoms with Crippen LogP contribution in [0.3, 0.4) is 0 Å². The summed E-state index contributed by atoms with van der Waals surface area (Å²) in [5.41, 5.74) is 1.56. The first-order valence-electron chi connectivity index (χ1n) is 13.3. The van der Waals surface area contributed by atoms with Crippen molar-refractivity contribution in [2.75, 3.05) is 13.1 Å². The molecule has 3 aromatic rings. The van der Waals surface area contributed by atoms with Gasteiger partial charge in [-0.1, -0.05) is 61.2 Å². The number of piperazine rings is 1. The molecule has 41 heavy (non-hydrogen) atoms. The largest absolute Gasteiger partial charge is 0.481 e. The molecular weight excluding hydrogens is 529 g/mol. The van der Waals surface area contributed by atoms with E-state index in [2.05, 4.69) is 11.9 Å². The Kier molecular flexibility index (Phi) is 7.86. The third-order valence-corrected chi connectivity index (χ3v) is 7.43. The predicted molar refractivity (Wildman–Crippen MR) is 148 cm³/mol. The summed E-state index contributed by atoms with van der Waals surface area (Å²) < 4.78 is 13.3. The van der Waals surface area contributed by atoms with Gasteiger partial charge in [-0.3, -0.25) is 19.4 Å². The van der Waals surface area contributed by atoms with Crippen LogP contribution in [0.5, 0.6) is 0 Å². The van der Waals surface area contributed by atoms with Gasteiger partial charge >= 0.3 is 12.0 Å². The van der Waals surface area contributed by atoms with Crippen molar-refractivity contribution in [3.63, 3.8) is 0 Å². The predicted octanol–water partition coefficient (Wildman–Crippen LogP) is 3.30. The summed E-state index contributed by atoms with van der Waals surface area (Å²) in [5.74, 6) is -2.27. The number of hydrogen-bond donors (Lipinski definition) is 2. The Bertz CT molecular complexity index is 1490. The molecule has 0 bridgehead atoms. The summed E-state index contributed by atoms with van der Waals surface area (Å²) in [5, 5.41) is 16.9. The summed E-state index contributed by atoms with van der Waals surface area (Å²) in [6.07, 6.45) is 0.0390. The van der Waals surface area contributed by atoms with Gasteiger partial charge in [-0.15, -0.1) is 0 Å². The molecule has 2 aliphatic heterocycles. The lowest BCUT2D eigenvalue weighted by atomic mass is 9.99. The number of carboxylic acids is 1. The van der Waals surface area contributed by atoms with Gasteiger partial charge in [-0.05, 0) is 40.5 Å². The first-order valence-corrected chi connectivity index (χ1v) is 13.3. The van der Waals surface area contributed by atoms with E-state index in [1.54, 1.807) is 17.0 Å². The Morgan fingerprint density at radius 1 is 1.05 bits per heavy atom. The van der Waals surface area contributed by atoms with Crippen LogP contribution in [0, 0.1) is 5.82 Å². The summed E-state index contributed by atoms with van der Waals surface area (Å²) in [6, 6.07) is 17.7. The SMILES string of the molecule is C=CN1CC(=O)N2[C@@H](CCC(=O)O)C(=O)N(Cc3cccc4ccccc34)C[C@@H]2N1C(=O)NCc1ccc(F)cc1. The zero-order valence-corrected chi connectivity index (χ0v) is 22.3. The van der Waals surface area contributed by atoms with E-state index in [-0.39, 0.29) is 44.9 Å². The number of aliphatic carboxylic acids is 1. The maximum Gasteiger partial charge on any atom is 0.338 e. The molecule has 10 nitrogen and oxygen atoms in total. The Balaban J connectivity index is 1.47. The number of carboxylic acid groups (broad SMARTS) is 1. The number of benzene rings is 3. The summed E-state index contributed by atoms with van der Waals surface area (Å²) >= 11 is 0. The second-order valence-electron chi connectivity index (χ2n) is 10.00. The van der Waals surface area contributed by atoms with E-state index in [9.17, 15) is 28.7 Å². The number of carbonyl (C=O) groups is 4. The van der Waals surface area contributed by atoms with Crippen molar-refractivity contribution in [2.45, 2.75) is 38.1 Å². The molecule has 2 atom stereocenters. The maximum atomic E-state index is 13.8. The molecule has 0 unspecified atom stereocenters. The highest BCUT2D eigenvalue weighted by atomic mass is 19.1. The van der Waals surface area contributed by atoms with Gasteiger partial charge in [-0.2, -0.15) is 0 Å². The van der Waals surface area contributed by atoms with Crippen LogP contribution in [-0.4, -0.2) is 74.0 Å². The van der Waals surface area contributed by atoms with Gasteiger partial charge in [0.15, 0.2) is 0 Å². The fraction of sp³-hybridized carbons (Fsp3) is 0.267. The first kappa shape index (κ1) is 27.6. The Hall–Kier alpha value is -4.93. The Morgan fingerprint density at radius 2 is 1.78 bits per heavy atom. The number of nitrogens with one attached hydrogen (secondary N) is 1. The molecule has 4 amide bonds. The van der Waals surface area contributed by atoms with E-state index < -0.39 is 35.9 Å². The second kappa shape index (κ2) is 11.7. The molecule has 2 aliphatic rings. The highest BCUT2D eigenvalue weighted by Crippen LogP contribution is 2.30. The lowest BCUT2D eigenvalue weighted by Crippen LogP contribution is -2.75. The number of carbonyl (C=O) groups excluding carboxylic acids is 3. The number of amides is 4.